The van der Waals surface area contributed by atoms with Crippen LogP contribution in [0.2, 0.25) is 0 Å². The molecular weight excluding hydrogens is 763 g/mol. The number of esters is 1. The lowest BCUT2D eigenvalue weighted by Crippen LogP contribution is -2.38. The van der Waals surface area contributed by atoms with E-state index < -0.39 is 0 Å². The molecule has 0 N–H and O–H groups in total. The predicted molar refractivity (Wildman–Crippen MR) is 271 cm³/mol. The fourth-order valence-electron chi connectivity index (χ4n) is 8.17. The van der Waals surface area contributed by atoms with Gasteiger partial charge in [-0.25, -0.2) is 0 Å². The summed E-state index contributed by atoms with van der Waals surface area (Å²) < 4.78 is 5.55. The SMILES string of the molecule is CCCCCCCCC=CCCCCCCCC(=O)OCCCN(C(=O)CCCCCCCC=CCCCCCCCC)C(=O)CCCCCCCC=CCCCCCCCC. The van der Waals surface area contributed by atoms with Gasteiger partial charge in [-0.05, 0) is 103 Å². The van der Waals surface area contributed by atoms with Crippen molar-refractivity contribution in [2.75, 3.05) is 13.2 Å². The smallest absolute Gasteiger partial charge is 0.305 e. The molecule has 0 aliphatic rings. The van der Waals surface area contributed by atoms with Gasteiger partial charge >= 0.3 is 5.97 Å². The van der Waals surface area contributed by atoms with Crippen molar-refractivity contribution in [2.24, 2.45) is 0 Å². The zero-order valence-corrected chi connectivity index (χ0v) is 41.9. The Balaban J connectivity index is 4.39. The maximum atomic E-state index is 13.4. The Bertz CT molecular complexity index is 995. The van der Waals surface area contributed by atoms with Gasteiger partial charge < -0.3 is 4.74 Å². The molecule has 0 radical (unpaired) electrons. The van der Waals surface area contributed by atoms with E-state index in [1.54, 1.807) is 0 Å². The van der Waals surface area contributed by atoms with Crippen LogP contribution < -0.4 is 0 Å². The van der Waals surface area contributed by atoms with E-state index in [1.165, 1.54) is 178 Å². The van der Waals surface area contributed by atoms with Crippen molar-refractivity contribution in [2.45, 2.75) is 297 Å². The van der Waals surface area contributed by atoms with Gasteiger partial charge in [0.05, 0.1) is 6.61 Å². The highest BCUT2D eigenvalue weighted by molar-refractivity contribution is 5.95. The molecule has 0 aromatic carbocycles. The number of allylic oxidation sites excluding steroid dienone is 6. The predicted octanol–water partition coefficient (Wildman–Crippen LogP) is 18.4. The maximum Gasteiger partial charge on any atom is 0.305 e. The molecule has 0 atom stereocenters. The van der Waals surface area contributed by atoms with Crippen LogP contribution in [0.3, 0.4) is 0 Å². The van der Waals surface area contributed by atoms with Crippen molar-refractivity contribution in [1.82, 2.24) is 4.90 Å². The molecule has 0 saturated heterocycles. The lowest BCUT2D eigenvalue weighted by molar-refractivity contribution is -0.145. The molecule has 2 amide bonds. The number of carbonyl (C=O) groups excluding carboxylic acids is 3. The summed E-state index contributed by atoms with van der Waals surface area (Å²) in [5.74, 6) is -0.270. The summed E-state index contributed by atoms with van der Waals surface area (Å²) in [6, 6.07) is 0. The van der Waals surface area contributed by atoms with Crippen molar-refractivity contribution in [3.05, 3.63) is 36.5 Å². The minimum absolute atomic E-state index is 0.0556. The van der Waals surface area contributed by atoms with E-state index in [0.29, 0.717) is 32.2 Å². The average molecular weight is 868 g/mol. The summed E-state index contributed by atoms with van der Waals surface area (Å²) in [7, 11) is 0. The highest BCUT2D eigenvalue weighted by Crippen LogP contribution is 2.15. The van der Waals surface area contributed by atoms with Gasteiger partial charge in [-0.2, -0.15) is 0 Å². The van der Waals surface area contributed by atoms with Crippen molar-refractivity contribution in [3.8, 4) is 0 Å². The van der Waals surface area contributed by atoms with Gasteiger partial charge in [0.1, 0.15) is 0 Å². The Hall–Kier alpha value is -2.17. The van der Waals surface area contributed by atoms with Crippen LogP contribution in [0.1, 0.15) is 297 Å². The number of unbranched alkanes of at least 4 members (excludes halogenated alkanes) is 33. The number of nitrogens with zero attached hydrogens (tertiary/aromatic N) is 1. The Labute approximate surface area is 386 Å². The summed E-state index contributed by atoms with van der Waals surface area (Å²) in [6.07, 6.45) is 63.7. The summed E-state index contributed by atoms with van der Waals surface area (Å²) >= 11 is 0. The molecule has 62 heavy (non-hydrogen) atoms. The van der Waals surface area contributed by atoms with Crippen molar-refractivity contribution >= 4 is 17.8 Å². The molecule has 0 rings (SSSR count). The van der Waals surface area contributed by atoms with E-state index in [2.05, 4.69) is 57.2 Å². The first kappa shape index (κ1) is 59.8. The highest BCUT2D eigenvalue weighted by atomic mass is 16.5. The third kappa shape index (κ3) is 45.8. The lowest BCUT2D eigenvalue weighted by Gasteiger charge is -2.21. The van der Waals surface area contributed by atoms with E-state index in [1.807, 2.05) is 0 Å². The number of hydrogen-bond acceptors (Lipinski definition) is 4. The minimum atomic E-state index is -0.159. The van der Waals surface area contributed by atoms with Crippen LogP contribution >= 0.6 is 0 Å². The summed E-state index contributed by atoms with van der Waals surface area (Å²) in [5.41, 5.74) is 0. The van der Waals surface area contributed by atoms with Gasteiger partial charge in [0, 0.05) is 25.8 Å². The fraction of sp³-hybridized carbons (Fsp3) is 0.842. The van der Waals surface area contributed by atoms with Crippen LogP contribution in [0.25, 0.3) is 0 Å². The van der Waals surface area contributed by atoms with Gasteiger partial charge in [0.25, 0.3) is 0 Å². The van der Waals surface area contributed by atoms with Crippen LogP contribution in [0, 0.1) is 0 Å². The number of ether oxygens (including phenoxy) is 1. The normalized spacial score (nSPS) is 11.8. The lowest BCUT2D eigenvalue weighted by atomic mass is 10.1. The molecule has 0 aliphatic carbocycles. The quantitative estimate of drug-likeness (QED) is 0.0347. The summed E-state index contributed by atoms with van der Waals surface area (Å²) in [4.78, 5) is 40.6. The van der Waals surface area contributed by atoms with Crippen molar-refractivity contribution in [3.63, 3.8) is 0 Å². The number of carbonyl (C=O) groups is 3. The maximum absolute atomic E-state index is 13.4. The second-order valence-electron chi connectivity index (χ2n) is 18.5. The number of hydrogen-bond donors (Lipinski definition) is 0. The van der Waals surface area contributed by atoms with E-state index in [4.69, 9.17) is 4.74 Å². The standard InChI is InChI=1S/C57H105NO4/c1-4-7-10-13-16-19-22-25-28-31-34-37-40-43-46-50-55(59)58(56(60)51-47-44-41-38-35-32-29-26-23-20-17-14-11-8-5-2)53-49-54-62-57(61)52-48-45-42-39-36-33-30-27-24-21-18-15-12-9-6-3/h25-30H,4-24,31-54H2,1-3H3. The summed E-state index contributed by atoms with van der Waals surface area (Å²) in [5, 5.41) is 0. The van der Waals surface area contributed by atoms with Crippen LogP contribution in [0.15, 0.2) is 36.5 Å². The van der Waals surface area contributed by atoms with Gasteiger partial charge in [0.15, 0.2) is 0 Å². The molecule has 362 valence electrons. The monoisotopic (exact) mass is 868 g/mol. The van der Waals surface area contributed by atoms with Gasteiger partial charge in [-0.1, -0.05) is 211 Å². The molecule has 0 spiro atoms. The zero-order chi connectivity index (χ0) is 45.1. The van der Waals surface area contributed by atoms with Gasteiger partial charge in [-0.15, -0.1) is 0 Å². The highest BCUT2D eigenvalue weighted by Gasteiger charge is 2.20. The van der Waals surface area contributed by atoms with E-state index in [9.17, 15) is 14.4 Å². The van der Waals surface area contributed by atoms with Crippen LogP contribution in [0.5, 0.6) is 0 Å². The Morgan fingerprint density at radius 2 is 0.581 bits per heavy atom. The first-order valence-electron chi connectivity index (χ1n) is 27.5. The first-order valence-corrected chi connectivity index (χ1v) is 27.5. The number of imide groups is 1. The molecule has 5 heteroatoms. The third-order valence-corrected chi connectivity index (χ3v) is 12.3. The molecule has 0 bridgehead atoms. The molecule has 0 heterocycles. The summed E-state index contributed by atoms with van der Waals surface area (Å²) in [6.45, 7) is 7.41. The third-order valence-electron chi connectivity index (χ3n) is 12.3. The van der Waals surface area contributed by atoms with Crippen molar-refractivity contribution < 1.29 is 19.1 Å². The zero-order valence-electron chi connectivity index (χ0n) is 41.9. The van der Waals surface area contributed by atoms with Gasteiger partial charge in [0.2, 0.25) is 11.8 Å². The van der Waals surface area contributed by atoms with E-state index in [-0.39, 0.29) is 24.4 Å². The molecule has 0 saturated carbocycles. The Morgan fingerprint density at radius 1 is 0.323 bits per heavy atom. The molecule has 5 nitrogen and oxygen atoms in total. The Kier molecular flexibility index (Phi) is 49.7. The topological polar surface area (TPSA) is 63.7 Å². The van der Waals surface area contributed by atoms with E-state index >= 15 is 0 Å². The largest absolute Gasteiger partial charge is 0.466 e. The number of amides is 2. The molecule has 0 aromatic heterocycles. The fourth-order valence-corrected chi connectivity index (χ4v) is 8.17. The first-order chi connectivity index (χ1) is 30.6. The molecular formula is C57H105NO4. The van der Waals surface area contributed by atoms with Gasteiger partial charge in [-0.3, -0.25) is 19.3 Å². The second-order valence-corrected chi connectivity index (χ2v) is 18.5. The molecule has 0 aliphatic heterocycles. The van der Waals surface area contributed by atoms with Crippen LogP contribution in [-0.4, -0.2) is 35.8 Å². The minimum Gasteiger partial charge on any atom is -0.466 e. The average Bonchev–Trinajstić information content (AvgIpc) is 3.27. The van der Waals surface area contributed by atoms with Crippen molar-refractivity contribution in [1.29, 1.82) is 0 Å². The second kappa shape index (κ2) is 51.5. The molecule has 0 unspecified atom stereocenters. The molecule has 0 aromatic rings. The van der Waals surface area contributed by atoms with Crippen LogP contribution in [-0.2, 0) is 19.1 Å². The number of rotatable bonds is 49. The van der Waals surface area contributed by atoms with E-state index in [0.717, 1.165) is 77.0 Å². The van der Waals surface area contributed by atoms with Crippen LogP contribution in [0.4, 0.5) is 0 Å². The molecule has 0 fully saturated rings. The Morgan fingerprint density at radius 3 is 0.887 bits per heavy atom.